The molecule has 0 spiro atoms. The molecule has 0 saturated heterocycles. The Morgan fingerprint density at radius 1 is 1.32 bits per heavy atom. The van der Waals surface area contributed by atoms with Gasteiger partial charge in [-0.15, -0.1) is 5.10 Å². The SMILES string of the molecule is CC(C)OC(=O)c1cc(C2=NN=C(C(F)(F)F)C2(C)Br)c(F)cc1Cl. The van der Waals surface area contributed by atoms with E-state index in [2.05, 4.69) is 26.1 Å². The minimum Gasteiger partial charge on any atom is -0.459 e. The Morgan fingerprint density at radius 2 is 1.92 bits per heavy atom. The molecule has 1 heterocycles. The van der Waals surface area contributed by atoms with Crippen molar-refractivity contribution >= 4 is 44.9 Å². The van der Waals surface area contributed by atoms with Gasteiger partial charge in [-0.1, -0.05) is 27.5 Å². The number of ether oxygens (including phenoxy) is 1. The Kier molecular flexibility index (Phi) is 5.30. The smallest absolute Gasteiger partial charge is 0.433 e. The highest BCUT2D eigenvalue weighted by Crippen LogP contribution is 2.39. The van der Waals surface area contributed by atoms with Gasteiger partial charge in [0.2, 0.25) is 0 Å². The van der Waals surface area contributed by atoms with Crippen LogP contribution in [0, 0.1) is 5.82 Å². The molecule has 0 saturated carbocycles. The maximum atomic E-state index is 14.3. The average Bonchev–Trinajstić information content (AvgIpc) is 2.73. The van der Waals surface area contributed by atoms with Crippen LogP contribution in [0.3, 0.4) is 0 Å². The van der Waals surface area contributed by atoms with Crippen molar-refractivity contribution in [2.45, 2.75) is 37.4 Å². The Morgan fingerprint density at radius 3 is 2.40 bits per heavy atom. The van der Waals surface area contributed by atoms with E-state index in [1.165, 1.54) is 0 Å². The first-order chi connectivity index (χ1) is 11.4. The number of rotatable bonds is 3. The van der Waals surface area contributed by atoms with Crippen LogP contribution in [0.1, 0.15) is 36.7 Å². The summed E-state index contributed by atoms with van der Waals surface area (Å²) >= 11 is 8.76. The molecular formula is C15H12BrClF4N2O2. The fraction of sp³-hybridized carbons (Fsp3) is 0.400. The predicted octanol–water partition coefficient (Wildman–Crippen LogP) is 4.92. The van der Waals surface area contributed by atoms with Crippen LogP contribution in [0.25, 0.3) is 0 Å². The van der Waals surface area contributed by atoms with Gasteiger partial charge in [0.25, 0.3) is 0 Å². The average molecular weight is 444 g/mol. The molecule has 0 radical (unpaired) electrons. The molecule has 0 aliphatic carbocycles. The standard InChI is InChI=1S/C15H12BrClF4N2O2/c1-6(2)25-12(24)7-4-8(10(18)5-9(7)17)11-14(3,16)13(23-22-11)15(19,20)21/h4-6H,1-3H3. The summed E-state index contributed by atoms with van der Waals surface area (Å²) in [6.45, 7) is 4.36. The van der Waals surface area contributed by atoms with Crippen LogP contribution >= 0.6 is 27.5 Å². The molecule has 1 atom stereocenters. The second-order valence-electron chi connectivity index (χ2n) is 5.66. The van der Waals surface area contributed by atoms with Crippen molar-refractivity contribution in [2.24, 2.45) is 10.2 Å². The third-order valence-corrected chi connectivity index (χ3v) is 4.35. The number of carbonyl (C=O) groups excluding carboxylic acids is 1. The van der Waals surface area contributed by atoms with Gasteiger partial charge in [-0.3, -0.25) is 0 Å². The molecule has 10 heteroatoms. The maximum absolute atomic E-state index is 14.3. The molecule has 4 nitrogen and oxygen atoms in total. The lowest BCUT2D eigenvalue weighted by Gasteiger charge is -2.23. The second-order valence-corrected chi connectivity index (χ2v) is 7.66. The van der Waals surface area contributed by atoms with Crippen LogP contribution in [0.15, 0.2) is 22.3 Å². The van der Waals surface area contributed by atoms with Gasteiger partial charge in [-0.2, -0.15) is 18.3 Å². The van der Waals surface area contributed by atoms with Gasteiger partial charge in [0.15, 0.2) is 5.71 Å². The van der Waals surface area contributed by atoms with Gasteiger partial charge in [0, 0.05) is 5.56 Å². The van der Waals surface area contributed by atoms with Crippen LogP contribution in [0.4, 0.5) is 17.6 Å². The lowest BCUT2D eigenvalue weighted by molar-refractivity contribution is -0.0604. The summed E-state index contributed by atoms with van der Waals surface area (Å²) in [4.78, 5) is 12.0. The van der Waals surface area contributed by atoms with E-state index in [0.29, 0.717) is 0 Å². The van der Waals surface area contributed by atoms with Crippen LogP contribution in [0.5, 0.6) is 0 Å². The van der Waals surface area contributed by atoms with Gasteiger partial charge >= 0.3 is 12.1 Å². The fourth-order valence-electron chi connectivity index (χ4n) is 2.19. The van der Waals surface area contributed by atoms with E-state index in [-0.39, 0.29) is 21.9 Å². The molecule has 0 amide bonds. The summed E-state index contributed by atoms with van der Waals surface area (Å²) in [6, 6.07) is 1.83. The molecule has 0 aromatic heterocycles. The molecule has 1 unspecified atom stereocenters. The van der Waals surface area contributed by atoms with Gasteiger partial charge in [-0.05, 0) is 32.9 Å². The Bertz CT molecular complexity index is 788. The van der Waals surface area contributed by atoms with Crippen LogP contribution < -0.4 is 0 Å². The van der Waals surface area contributed by atoms with Crippen molar-refractivity contribution < 1.29 is 27.1 Å². The van der Waals surface area contributed by atoms with Crippen molar-refractivity contribution in [1.82, 2.24) is 0 Å². The summed E-state index contributed by atoms with van der Waals surface area (Å²) in [5.74, 6) is -1.76. The largest absolute Gasteiger partial charge is 0.459 e. The van der Waals surface area contributed by atoms with Crippen molar-refractivity contribution in [3.05, 3.63) is 34.1 Å². The fourth-order valence-corrected chi connectivity index (χ4v) is 3.02. The first-order valence-corrected chi connectivity index (χ1v) is 8.16. The summed E-state index contributed by atoms with van der Waals surface area (Å²) in [5, 5.41) is 6.36. The van der Waals surface area contributed by atoms with Crippen molar-refractivity contribution in [3.8, 4) is 0 Å². The highest BCUT2D eigenvalue weighted by atomic mass is 79.9. The Balaban J connectivity index is 2.50. The molecular weight excluding hydrogens is 432 g/mol. The number of hydrogen-bond donors (Lipinski definition) is 0. The van der Waals surface area contributed by atoms with Crippen LogP contribution in [0.2, 0.25) is 5.02 Å². The first-order valence-electron chi connectivity index (χ1n) is 6.98. The van der Waals surface area contributed by atoms with E-state index in [1.54, 1.807) is 13.8 Å². The zero-order valence-electron chi connectivity index (χ0n) is 13.2. The molecule has 1 aliphatic rings. The predicted molar refractivity (Wildman–Crippen MR) is 89.3 cm³/mol. The number of nitrogens with zero attached hydrogens (tertiary/aromatic N) is 2. The highest BCUT2D eigenvalue weighted by Gasteiger charge is 2.53. The van der Waals surface area contributed by atoms with E-state index in [4.69, 9.17) is 16.3 Å². The normalized spacial score (nSPS) is 20.6. The zero-order chi connectivity index (χ0) is 19.2. The third kappa shape index (κ3) is 3.87. The summed E-state index contributed by atoms with van der Waals surface area (Å²) in [7, 11) is 0. The quantitative estimate of drug-likeness (QED) is 0.378. The number of hydrogen-bond acceptors (Lipinski definition) is 4. The van der Waals surface area contributed by atoms with Gasteiger partial charge in [0.1, 0.15) is 10.1 Å². The number of esters is 1. The number of benzene rings is 1. The maximum Gasteiger partial charge on any atom is 0.433 e. The lowest BCUT2D eigenvalue weighted by atomic mass is 9.92. The zero-order valence-corrected chi connectivity index (χ0v) is 15.6. The number of alkyl halides is 4. The Labute approximate surface area is 154 Å². The minimum absolute atomic E-state index is 0.182. The summed E-state index contributed by atoms with van der Waals surface area (Å²) < 4.78 is 56.5. The second kappa shape index (κ2) is 6.68. The van der Waals surface area contributed by atoms with Crippen molar-refractivity contribution in [2.75, 3.05) is 0 Å². The highest BCUT2D eigenvalue weighted by molar-refractivity contribution is 9.10. The Hall–Kier alpha value is -1.48. The topological polar surface area (TPSA) is 51.0 Å². The molecule has 0 bridgehead atoms. The molecule has 2 rings (SSSR count). The third-order valence-electron chi connectivity index (χ3n) is 3.28. The molecule has 1 aromatic carbocycles. The molecule has 136 valence electrons. The molecule has 25 heavy (non-hydrogen) atoms. The van der Waals surface area contributed by atoms with E-state index in [1.807, 2.05) is 0 Å². The monoisotopic (exact) mass is 442 g/mol. The number of carbonyl (C=O) groups is 1. The van der Waals surface area contributed by atoms with E-state index in [9.17, 15) is 22.4 Å². The minimum atomic E-state index is -4.76. The van der Waals surface area contributed by atoms with Crippen LogP contribution in [-0.2, 0) is 4.74 Å². The van der Waals surface area contributed by atoms with Gasteiger partial charge < -0.3 is 4.74 Å². The van der Waals surface area contributed by atoms with Crippen molar-refractivity contribution in [3.63, 3.8) is 0 Å². The lowest BCUT2D eigenvalue weighted by Crippen LogP contribution is -2.43. The van der Waals surface area contributed by atoms with Crippen LogP contribution in [-0.4, -0.2) is 34.0 Å². The van der Waals surface area contributed by atoms with E-state index >= 15 is 0 Å². The summed E-state index contributed by atoms with van der Waals surface area (Å²) in [5.41, 5.74) is -2.07. The van der Waals surface area contributed by atoms with Gasteiger partial charge in [-0.25, -0.2) is 9.18 Å². The van der Waals surface area contributed by atoms with E-state index < -0.39 is 34.1 Å². The van der Waals surface area contributed by atoms with E-state index in [0.717, 1.165) is 19.1 Å². The molecule has 0 fully saturated rings. The first kappa shape index (κ1) is 19.8. The van der Waals surface area contributed by atoms with Gasteiger partial charge in [0.05, 0.1) is 22.4 Å². The van der Waals surface area contributed by atoms with Crippen molar-refractivity contribution in [1.29, 1.82) is 0 Å². The number of halogens is 6. The summed E-state index contributed by atoms with van der Waals surface area (Å²) in [6.07, 6.45) is -5.21. The molecule has 0 N–H and O–H groups in total. The molecule has 1 aliphatic heterocycles. The molecule has 1 aromatic rings.